The van der Waals surface area contributed by atoms with E-state index >= 15 is 0 Å². The highest BCUT2D eigenvalue weighted by atomic mass is 16.4. The number of hydrogen-bond donors (Lipinski definition) is 2. The number of carboxylic acid groups (broad SMARTS) is 2. The predicted molar refractivity (Wildman–Crippen MR) is 81.8 cm³/mol. The monoisotopic (exact) mass is 293 g/mol. The lowest BCUT2D eigenvalue weighted by molar-refractivity contribution is -0.142. The van der Waals surface area contributed by atoms with Crippen LogP contribution in [0, 0.1) is 5.92 Å². The van der Waals surface area contributed by atoms with Gasteiger partial charge in [0.2, 0.25) is 0 Å². The molecule has 116 valence electrons. The van der Waals surface area contributed by atoms with Crippen molar-refractivity contribution in [3.05, 3.63) is 29.8 Å². The van der Waals surface area contributed by atoms with Crippen LogP contribution in [-0.2, 0) is 9.59 Å². The van der Waals surface area contributed by atoms with Gasteiger partial charge >= 0.3 is 11.9 Å². The molecule has 5 heteroatoms. The molecule has 0 bridgehead atoms. The summed E-state index contributed by atoms with van der Waals surface area (Å²) in [6, 6.07) is 6.82. The van der Waals surface area contributed by atoms with Crippen LogP contribution in [0.3, 0.4) is 0 Å². The van der Waals surface area contributed by atoms with E-state index < -0.39 is 23.9 Å². The zero-order valence-corrected chi connectivity index (χ0v) is 12.9. The average molecular weight is 293 g/mol. The number of hydrogen-bond acceptors (Lipinski definition) is 3. The largest absolute Gasteiger partial charge is 0.481 e. The number of aliphatic carboxylic acids is 2. The second-order valence-corrected chi connectivity index (χ2v) is 5.65. The third-order valence-corrected chi connectivity index (χ3v) is 3.61. The van der Waals surface area contributed by atoms with Crippen LogP contribution in [0.15, 0.2) is 24.3 Å². The predicted octanol–water partition coefficient (Wildman–Crippen LogP) is 2.81. The lowest BCUT2D eigenvalue weighted by atomic mass is 10.0. The molecule has 0 saturated heterocycles. The summed E-state index contributed by atoms with van der Waals surface area (Å²) in [5, 5.41) is 18.3. The third-order valence-electron chi connectivity index (χ3n) is 3.61. The smallest absolute Gasteiger partial charge is 0.326 e. The van der Waals surface area contributed by atoms with Crippen molar-refractivity contribution in [1.29, 1.82) is 0 Å². The van der Waals surface area contributed by atoms with Crippen LogP contribution in [-0.4, -0.2) is 34.7 Å². The van der Waals surface area contributed by atoms with Gasteiger partial charge in [-0.3, -0.25) is 4.79 Å². The van der Waals surface area contributed by atoms with Crippen LogP contribution in [0.1, 0.15) is 39.2 Å². The summed E-state index contributed by atoms with van der Waals surface area (Å²) in [5.74, 6) is -2.16. The number of anilines is 1. The minimum atomic E-state index is -0.972. The maximum absolute atomic E-state index is 11.3. The fourth-order valence-corrected chi connectivity index (χ4v) is 2.04. The minimum Gasteiger partial charge on any atom is -0.481 e. The van der Waals surface area contributed by atoms with E-state index in [2.05, 4.69) is 13.8 Å². The van der Waals surface area contributed by atoms with E-state index in [0.29, 0.717) is 5.92 Å². The summed E-state index contributed by atoms with van der Waals surface area (Å²) in [6.07, 6.45) is 0. The molecule has 1 aromatic carbocycles. The first-order valence-corrected chi connectivity index (χ1v) is 7.06. The second kappa shape index (κ2) is 7.11. The summed E-state index contributed by atoms with van der Waals surface area (Å²) in [5.41, 5.74) is 1.88. The van der Waals surface area contributed by atoms with Crippen molar-refractivity contribution < 1.29 is 19.8 Å². The van der Waals surface area contributed by atoms with E-state index in [1.807, 2.05) is 24.3 Å². The molecule has 0 heterocycles. The number of carbonyl (C=O) groups is 2. The Bertz CT molecular complexity index is 496. The molecular weight excluding hydrogens is 270 g/mol. The van der Waals surface area contributed by atoms with E-state index in [4.69, 9.17) is 5.11 Å². The number of nitrogens with zero attached hydrogens (tertiary/aromatic N) is 1. The molecule has 0 fully saturated rings. The van der Waals surface area contributed by atoms with E-state index in [-0.39, 0.29) is 6.54 Å². The van der Waals surface area contributed by atoms with Crippen LogP contribution in [0.2, 0.25) is 0 Å². The van der Waals surface area contributed by atoms with Gasteiger partial charge in [-0.2, -0.15) is 0 Å². The molecule has 0 aliphatic rings. The average Bonchev–Trinajstić information content (AvgIpc) is 2.43. The molecule has 5 nitrogen and oxygen atoms in total. The van der Waals surface area contributed by atoms with Crippen molar-refractivity contribution in [3.8, 4) is 0 Å². The highest BCUT2D eigenvalue weighted by molar-refractivity contribution is 5.78. The van der Waals surface area contributed by atoms with E-state index in [1.54, 1.807) is 18.7 Å². The molecule has 0 spiro atoms. The minimum absolute atomic E-state index is 0.157. The molecule has 0 amide bonds. The van der Waals surface area contributed by atoms with Crippen molar-refractivity contribution in [3.63, 3.8) is 0 Å². The van der Waals surface area contributed by atoms with Gasteiger partial charge in [0, 0.05) is 12.2 Å². The molecule has 21 heavy (non-hydrogen) atoms. The normalized spacial score (nSPS) is 13.8. The number of benzene rings is 1. The molecule has 0 aliphatic carbocycles. The Labute approximate surface area is 125 Å². The van der Waals surface area contributed by atoms with Gasteiger partial charge in [0.25, 0.3) is 0 Å². The Balaban J connectivity index is 3.05. The molecule has 0 aliphatic heterocycles. The first-order chi connectivity index (χ1) is 9.73. The Kier molecular flexibility index (Phi) is 5.76. The van der Waals surface area contributed by atoms with E-state index in [1.165, 1.54) is 0 Å². The third kappa shape index (κ3) is 4.48. The summed E-state index contributed by atoms with van der Waals surface area (Å²) in [6.45, 7) is 7.46. The van der Waals surface area contributed by atoms with Crippen LogP contribution in [0.5, 0.6) is 0 Å². The van der Waals surface area contributed by atoms with Gasteiger partial charge in [0.05, 0.1) is 5.92 Å². The van der Waals surface area contributed by atoms with Crippen LogP contribution in [0.25, 0.3) is 0 Å². The Morgan fingerprint density at radius 3 is 1.90 bits per heavy atom. The summed E-state index contributed by atoms with van der Waals surface area (Å²) in [7, 11) is 0. The summed E-state index contributed by atoms with van der Waals surface area (Å²) >= 11 is 0. The highest BCUT2D eigenvalue weighted by Crippen LogP contribution is 2.23. The molecular formula is C16H23NO4. The first-order valence-electron chi connectivity index (χ1n) is 7.06. The first kappa shape index (κ1) is 17.0. The molecule has 0 aromatic heterocycles. The number of carboxylic acids is 2. The van der Waals surface area contributed by atoms with Crippen LogP contribution in [0.4, 0.5) is 5.69 Å². The van der Waals surface area contributed by atoms with Gasteiger partial charge in [0.1, 0.15) is 6.04 Å². The topological polar surface area (TPSA) is 77.8 Å². The SMILES string of the molecule is CC(CN(c1ccc(C(C)C)cc1)C(C)C(=O)O)C(=O)O. The zero-order chi connectivity index (χ0) is 16.2. The van der Waals surface area contributed by atoms with Crippen LogP contribution >= 0.6 is 0 Å². The standard InChI is InChI=1S/C16H23NO4/c1-10(2)13-5-7-14(8-6-13)17(12(4)16(20)21)9-11(3)15(18)19/h5-8,10-12H,9H2,1-4H3,(H,18,19)(H,20,21). The van der Waals surface area contributed by atoms with Gasteiger partial charge in [-0.25, -0.2) is 4.79 Å². The zero-order valence-electron chi connectivity index (χ0n) is 12.9. The van der Waals surface area contributed by atoms with Gasteiger partial charge < -0.3 is 15.1 Å². The molecule has 1 aromatic rings. The fourth-order valence-electron chi connectivity index (χ4n) is 2.04. The Morgan fingerprint density at radius 1 is 1.00 bits per heavy atom. The fraction of sp³-hybridized carbons (Fsp3) is 0.500. The Morgan fingerprint density at radius 2 is 1.52 bits per heavy atom. The lowest BCUT2D eigenvalue weighted by Crippen LogP contribution is -2.43. The quantitative estimate of drug-likeness (QED) is 0.808. The van der Waals surface area contributed by atoms with Crippen molar-refractivity contribution in [2.75, 3.05) is 11.4 Å². The molecule has 0 saturated carbocycles. The maximum atomic E-state index is 11.3. The second-order valence-electron chi connectivity index (χ2n) is 5.65. The van der Waals surface area contributed by atoms with Gasteiger partial charge in [0.15, 0.2) is 0 Å². The Hall–Kier alpha value is -2.04. The van der Waals surface area contributed by atoms with Gasteiger partial charge in [-0.05, 0) is 30.5 Å². The van der Waals surface area contributed by atoms with Crippen molar-refractivity contribution in [1.82, 2.24) is 0 Å². The van der Waals surface area contributed by atoms with Crippen molar-refractivity contribution in [2.24, 2.45) is 5.92 Å². The van der Waals surface area contributed by atoms with Gasteiger partial charge in [-0.15, -0.1) is 0 Å². The van der Waals surface area contributed by atoms with Crippen LogP contribution < -0.4 is 4.90 Å². The molecule has 1 rings (SSSR count). The van der Waals surface area contributed by atoms with E-state index in [9.17, 15) is 14.7 Å². The summed E-state index contributed by atoms with van der Waals surface area (Å²) in [4.78, 5) is 23.9. The molecule has 0 radical (unpaired) electrons. The lowest BCUT2D eigenvalue weighted by Gasteiger charge is -2.30. The maximum Gasteiger partial charge on any atom is 0.326 e. The van der Waals surface area contributed by atoms with Crippen molar-refractivity contribution in [2.45, 2.75) is 39.7 Å². The molecule has 2 unspecified atom stereocenters. The molecule has 2 N–H and O–H groups in total. The molecule has 2 atom stereocenters. The number of rotatable bonds is 7. The summed E-state index contributed by atoms with van der Waals surface area (Å²) < 4.78 is 0. The van der Waals surface area contributed by atoms with Gasteiger partial charge in [-0.1, -0.05) is 32.9 Å². The van der Waals surface area contributed by atoms with Crippen molar-refractivity contribution >= 4 is 17.6 Å². The highest BCUT2D eigenvalue weighted by Gasteiger charge is 2.25. The van der Waals surface area contributed by atoms with E-state index in [0.717, 1.165) is 11.3 Å².